The van der Waals surface area contributed by atoms with Crippen molar-refractivity contribution in [3.8, 4) is 11.5 Å². The Morgan fingerprint density at radius 3 is 2.95 bits per heavy atom. The van der Waals surface area contributed by atoms with Gasteiger partial charge in [0.15, 0.2) is 0 Å². The van der Waals surface area contributed by atoms with Gasteiger partial charge in [-0.3, -0.25) is 10.1 Å². The van der Waals surface area contributed by atoms with Crippen LogP contribution in [0.2, 0.25) is 0 Å². The maximum Gasteiger partial charge on any atom is 0.282 e. The summed E-state index contributed by atoms with van der Waals surface area (Å²) in [6.45, 7) is 3.44. The van der Waals surface area contributed by atoms with E-state index in [0.29, 0.717) is 18.9 Å². The van der Waals surface area contributed by atoms with Crippen molar-refractivity contribution >= 4 is 5.69 Å². The fraction of sp³-hybridized carbons (Fsp3) is 0.333. The Bertz CT molecular complexity index is 614. The first-order valence-corrected chi connectivity index (χ1v) is 6.09. The van der Waals surface area contributed by atoms with Crippen LogP contribution in [0.15, 0.2) is 22.6 Å². The molecule has 0 saturated carbocycles. The van der Waals surface area contributed by atoms with Gasteiger partial charge >= 0.3 is 0 Å². The van der Waals surface area contributed by atoms with Crippen molar-refractivity contribution < 1.29 is 13.7 Å². The number of likely N-dealkylation sites (N-methyl/N-ethyl adjacent to an activating group) is 1. The van der Waals surface area contributed by atoms with Crippen molar-refractivity contribution in [2.24, 2.45) is 0 Å². The summed E-state index contributed by atoms with van der Waals surface area (Å²) >= 11 is 0. The molecule has 0 radical (unpaired) electrons. The molecule has 1 N–H and O–H groups in total. The molecule has 0 aliphatic rings. The Morgan fingerprint density at radius 1 is 1.45 bits per heavy atom. The molecular formula is C12H13FN4O3. The second-order valence-corrected chi connectivity index (χ2v) is 4.02. The molecule has 0 unspecified atom stereocenters. The van der Waals surface area contributed by atoms with E-state index in [-0.39, 0.29) is 17.1 Å². The smallest absolute Gasteiger partial charge is 0.282 e. The Balaban J connectivity index is 2.27. The highest BCUT2D eigenvalue weighted by Crippen LogP contribution is 2.29. The number of rotatable bonds is 6. The minimum absolute atomic E-state index is 0.0165. The highest BCUT2D eigenvalue weighted by atomic mass is 19.1. The molecule has 1 heterocycles. The number of aromatic nitrogens is 2. The molecule has 1 aromatic heterocycles. The minimum atomic E-state index is -0.614. The highest BCUT2D eigenvalue weighted by molar-refractivity contribution is 5.66. The zero-order chi connectivity index (χ0) is 14.5. The van der Waals surface area contributed by atoms with Crippen LogP contribution in [0.1, 0.15) is 12.8 Å². The topological polar surface area (TPSA) is 94.1 Å². The lowest BCUT2D eigenvalue weighted by atomic mass is 10.2. The van der Waals surface area contributed by atoms with E-state index in [1.54, 1.807) is 0 Å². The van der Waals surface area contributed by atoms with Gasteiger partial charge in [0.1, 0.15) is 11.4 Å². The normalized spacial score (nSPS) is 10.7. The molecule has 0 fully saturated rings. The van der Waals surface area contributed by atoms with Crippen molar-refractivity contribution in [3.63, 3.8) is 0 Å². The maximum absolute atomic E-state index is 13.2. The molecule has 0 aliphatic heterocycles. The molecule has 0 atom stereocenters. The van der Waals surface area contributed by atoms with Crippen LogP contribution in [-0.4, -0.2) is 28.2 Å². The van der Waals surface area contributed by atoms with E-state index in [1.807, 2.05) is 6.92 Å². The first-order chi connectivity index (χ1) is 9.61. The zero-order valence-corrected chi connectivity index (χ0v) is 10.8. The quantitative estimate of drug-likeness (QED) is 0.493. The van der Waals surface area contributed by atoms with Gasteiger partial charge in [0.2, 0.25) is 5.89 Å². The lowest BCUT2D eigenvalue weighted by Crippen LogP contribution is -2.16. The molecule has 20 heavy (non-hydrogen) atoms. The van der Waals surface area contributed by atoms with Gasteiger partial charge in [-0.05, 0) is 18.7 Å². The molecule has 0 saturated heterocycles. The van der Waals surface area contributed by atoms with Crippen LogP contribution < -0.4 is 5.32 Å². The van der Waals surface area contributed by atoms with Crippen LogP contribution in [0, 0.1) is 15.9 Å². The summed E-state index contributed by atoms with van der Waals surface area (Å²) in [5.41, 5.74) is -0.287. The van der Waals surface area contributed by atoms with Gasteiger partial charge in [-0.1, -0.05) is 6.92 Å². The summed E-state index contributed by atoms with van der Waals surface area (Å²) in [5, 5.41) is 21.5. The number of hydrogen-bond donors (Lipinski definition) is 1. The summed E-state index contributed by atoms with van der Waals surface area (Å²) < 4.78 is 18.6. The number of halogens is 1. The Labute approximate surface area is 114 Å². The highest BCUT2D eigenvalue weighted by Gasteiger charge is 2.21. The number of nitrogens with one attached hydrogen (secondary N) is 1. The van der Waals surface area contributed by atoms with Gasteiger partial charge in [-0.25, -0.2) is 4.39 Å². The lowest BCUT2D eigenvalue weighted by Gasteiger charge is -1.98. The van der Waals surface area contributed by atoms with E-state index in [4.69, 9.17) is 4.42 Å². The maximum atomic E-state index is 13.2. The molecule has 0 bridgehead atoms. The number of nitro groups is 1. The van der Waals surface area contributed by atoms with E-state index in [9.17, 15) is 14.5 Å². The standard InChI is InChI=1S/C12H13FN4O3/c1-2-14-6-5-11-15-16-12(20-11)9-7-8(13)3-4-10(9)17(18)19/h3-4,7,14H,2,5-6H2,1H3. The largest absolute Gasteiger partial charge is 0.420 e. The summed E-state index contributed by atoms with van der Waals surface area (Å²) in [6.07, 6.45) is 0.504. The Morgan fingerprint density at radius 2 is 2.25 bits per heavy atom. The van der Waals surface area contributed by atoms with Crippen molar-refractivity contribution in [2.75, 3.05) is 13.1 Å². The fourth-order valence-electron chi connectivity index (χ4n) is 1.67. The third kappa shape index (κ3) is 3.15. The zero-order valence-electron chi connectivity index (χ0n) is 10.8. The van der Waals surface area contributed by atoms with Gasteiger partial charge in [0.25, 0.3) is 11.6 Å². The van der Waals surface area contributed by atoms with Crippen molar-refractivity contribution in [3.05, 3.63) is 40.0 Å². The first-order valence-electron chi connectivity index (χ1n) is 6.09. The van der Waals surface area contributed by atoms with Gasteiger partial charge in [-0.2, -0.15) is 0 Å². The average molecular weight is 280 g/mol. The molecular weight excluding hydrogens is 267 g/mol. The van der Waals surface area contributed by atoms with Crippen LogP contribution in [0.3, 0.4) is 0 Å². The molecule has 1 aromatic carbocycles. The van der Waals surface area contributed by atoms with Gasteiger partial charge < -0.3 is 9.73 Å². The molecule has 2 aromatic rings. The number of benzene rings is 1. The lowest BCUT2D eigenvalue weighted by molar-refractivity contribution is -0.384. The Hall–Kier alpha value is -2.35. The first kappa shape index (κ1) is 14.1. The molecule has 7 nitrogen and oxygen atoms in total. The van der Waals surface area contributed by atoms with Crippen LogP contribution >= 0.6 is 0 Å². The van der Waals surface area contributed by atoms with Crippen LogP contribution in [0.25, 0.3) is 11.5 Å². The van der Waals surface area contributed by atoms with Crippen LogP contribution in [-0.2, 0) is 6.42 Å². The molecule has 106 valence electrons. The molecule has 8 heteroatoms. The van der Waals surface area contributed by atoms with Crippen molar-refractivity contribution in [2.45, 2.75) is 13.3 Å². The van der Waals surface area contributed by atoms with E-state index in [2.05, 4.69) is 15.5 Å². The second kappa shape index (κ2) is 6.20. The summed E-state index contributed by atoms with van der Waals surface area (Å²) in [4.78, 5) is 10.3. The summed E-state index contributed by atoms with van der Waals surface area (Å²) in [5.74, 6) is -0.305. The number of hydrogen-bond acceptors (Lipinski definition) is 6. The van der Waals surface area contributed by atoms with E-state index in [0.717, 1.165) is 24.7 Å². The predicted molar refractivity (Wildman–Crippen MR) is 68.6 cm³/mol. The van der Waals surface area contributed by atoms with Crippen LogP contribution in [0.4, 0.5) is 10.1 Å². The second-order valence-electron chi connectivity index (χ2n) is 4.02. The average Bonchev–Trinajstić information content (AvgIpc) is 2.87. The van der Waals surface area contributed by atoms with E-state index in [1.165, 1.54) is 0 Å². The Kier molecular flexibility index (Phi) is 4.36. The third-order valence-electron chi connectivity index (χ3n) is 2.62. The van der Waals surface area contributed by atoms with E-state index < -0.39 is 10.7 Å². The van der Waals surface area contributed by atoms with Crippen molar-refractivity contribution in [1.29, 1.82) is 0 Å². The fourth-order valence-corrected chi connectivity index (χ4v) is 1.67. The number of nitro benzene ring substituents is 1. The molecule has 2 rings (SSSR count). The van der Waals surface area contributed by atoms with E-state index >= 15 is 0 Å². The van der Waals surface area contributed by atoms with Crippen LogP contribution in [0.5, 0.6) is 0 Å². The van der Waals surface area contributed by atoms with Gasteiger partial charge in [-0.15, -0.1) is 10.2 Å². The van der Waals surface area contributed by atoms with Crippen molar-refractivity contribution in [1.82, 2.24) is 15.5 Å². The summed E-state index contributed by atoms with van der Waals surface area (Å²) in [7, 11) is 0. The molecule has 0 amide bonds. The molecule has 0 spiro atoms. The van der Waals surface area contributed by atoms with Gasteiger partial charge in [0, 0.05) is 19.0 Å². The predicted octanol–water partition coefficient (Wildman–Crippen LogP) is 1.94. The minimum Gasteiger partial charge on any atom is -0.420 e. The third-order valence-corrected chi connectivity index (χ3v) is 2.62. The number of nitrogens with zero attached hydrogens (tertiary/aromatic N) is 3. The summed E-state index contributed by atoms with van der Waals surface area (Å²) in [6, 6.07) is 3.11. The monoisotopic (exact) mass is 280 g/mol. The molecule has 0 aliphatic carbocycles. The van der Waals surface area contributed by atoms with Gasteiger partial charge in [0.05, 0.1) is 4.92 Å². The SMILES string of the molecule is CCNCCc1nnc(-c2cc(F)ccc2[N+](=O)[O-])o1.